The Bertz CT molecular complexity index is 291. The second kappa shape index (κ2) is 4.02. The van der Waals surface area contributed by atoms with Crippen LogP contribution in [0.5, 0.6) is 0 Å². The van der Waals surface area contributed by atoms with Crippen LogP contribution in [0.15, 0.2) is 18.6 Å². The molecule has 4 nitrogen and oxygen atoms in total. The standard InChI is InChI=1S/C10H14N2O2/c13-9-2-1-7(10(9)14)5-8-3-4-11-6-12-8/h3-4,6-7,9-10,13-14H,1-2,5H2. The van der Waals surface area contributed by atoms with Gasteiger partial charge in [0.15, 0.2) is 0 Å². The molecule has 2 rings (SSSR count). The lowest BCUT2D eigenvalue weighted by Gasteiger charge is -2.15. The molecular weight excluding hydrogens is 180 g/mol. The lowest BCUT2D eigenvalue weighted by atomic mass is 9.99. The minimum atomic E-state index is -0.593. The molecule has 14 heavy (non-hydrogen) atoms. The molecule has 0 aliphatic heterocycles. The first-order chi connectivity index (χ1) is 6.77. The fourth-order valence-corrected chi connectivity index (χ4v) is 1.97. The molecule has 0 radical (unpaired) electrons. The first-order valence-electron chi connectivity index (χ1n) is 4.88. The Hall–Kier alpha value is -1.00. The predicted molar refractivity (Wildman–Crippen MR) is 50.5 cm³/mol. The number of aliphatic hydroxyl groups is 2. The topological polar surface area (TPSA) is 66.2 Å². The highest BCUT2D eigenvalue weighted by Gasteiger charge is 2.33. The van der Waals surface area contributed by atoms with E-state index in [1.54, 1.807) is 6.20 Å². The van der Waals surface area contributed by atoms with Crippen LogP contribution in [-0.4, -0.2) is 32.4 Å². The van der Waals surface area contributed by atoms with Gasteiger partial charge in [-0.2, -0.15) is 0 Å². The minimum absolute atomic E-state index is 0.139. The Morgan fingerprint density at radius 1 is 1.36 bits per heavy atom. The molecule has 0 saturated heterocycles. The van der Waals surface area contributed by atoms with Gasteiger partial charge in [-0.15, -0.1) is 0 Å². The molecule has 3 atom stereocenters. The Morgan fingerprint density at radius 3 is 2.79 bits per heavy atom. The molecule has 1 aromatic rings. The Labute approximate surface area is 82.6 Å². The molecule has 4 heteroatoms. The summed E-state index contributed by atoms with van der Waals surface area (Å²) >= 11 is 0. The molecule has 0 spiro atoms. The van der Waals surface area contributed by atoms with E-state index in [-0.39, 0.29) is 5.92 Å². The van der Waals surface area contributed by atoms with Crippen molar-refractivity contribution in [2.24, 2.45) is 5.92 Å². The highest BCUT2D eigenvalue weighted by Crippen LogP contribution is 2.28. The normalized spacial score (nSPS) is 32.0. The van der Waals surface area contributed by atoms with Crippen LogP contribution in [0.4, 0.5) is 0 Å². The lowest BCUT2D eigenvalue weighted by Crippen LogP contribution is -2.26. The second-order valence-corrected chi connectivity index (χ2v) is 3.80. The average molecular weight is 194 g/mol. The molecule has 0 aromatic carbocycles. The summed E-state index contributed by atoms with van der Waals surface area (Å²) in [6, 6.07) is 1.84. The zero-order valence-corrected chi connectivity index (χ0v) is 7.87. The molecule has 0 bridgehead atoms. The monoisotopic (exact) mass is 194 g/mol. The first-order valence-corrected chi connectivity index (χ1v) is 4.88. The van der Waals surface area contributed by atoms with Crippen LogP contribution in [0.2, 0.25) is 0 Å². The van der Waals surface area contributed by atoms with Gasteiger partial charge in [0, 0.05) is 11.9 Å². The van der Waals surface area contributed by atoms with Crippen LogP contribution in [-0.2, 0) is 6.42 Å². The van der Waals surface area contributed by atoms with Crippen LogP contribution in [0, 0.1) is 5.92 Å². The van der Waals surface area contributed by atoms with Crippen molar-refractivity contribution in [1.29, 1.82) is 0 Å². The molecule has 1 aliphatic rings. The fourth-order valence-electron chi connectivity index (χ4n) is 1.97. The van der Waals surface area contributed by atoms with Crippen LogP contribution in [0.1, 0.15) is 18.5 Å². The van der Waals surface area contributed by atoms with Crippen LogP contribution in [0.25, 0.3) is 0 Å². The van der Waals surface area contributed by atoms with Gasteiger partial charge in [-0.1, -0.05) is 0 Å². The van der Waals surface area contributed by atoms with E-state index >= 15 is 0 Å². The van der Waals surface area contributed by atoms with E-state index in [4.69, 9.17) is 0 Å². The summed E-state index contributed by atoms with van der Waals surface area (Å²) in [6.45, 7) is 0. The predicted octanol–water partition coefficient (Wildman–Crippen LogP) is 0.151. The summed E-state index contributed by atoms with van der Waals surface area (Å²) in [5.41, 5.74) is 0.929. The molecule has 2 N–H and O–H groups in total. The van der Waals surface area contributed by atoms with Crippen LogP contribution >= 0.6 is 0 Å². The SMILES string of the molecule is OC1CCC(Cc2ccncn2)C1O. The second-order valence-electron chi connectivity index (χ2n) is 3.80. The summed E-state index contributed by atoms with van der Waals surface area (Å²) in [5, 5.41) is 19.0. The van der Waals surface area contributed by atoms with Gasteiger partial charge < -0.3 is 10.2 Å². The zero-order valence-electron chi connectivity index (χ0n) is 7.87. The fraction of sp³-hybridized carbons (Fsp3) is 0.600. The van der Waals surface area contributed by atoms with Gasteiger partial charge in [0.25, 0.3) is 0 Å². The molecule has 1 fully saturated rings. The number of hydrogen-bond acceptors (Lipinski definition) is 4. The lowest BCUT2D eigenvalue weighted by molar-refractivity contribution is 0.0205. The van der Waals surface area contributed by atoms with Crippen molar-refractivity contribution in [2.75, 3.05) is 0 Å². The van der Waals surface area contributed by atoms with Crippen molar-refractivity contribution in [1.82, 2.24) is 9.97 Å². The molecule has 76 valence electrons. The quantitative estimate of drug-likeness (QED) is 0.703. The summed E-state index contributed by atoms with van der Waals surface area (Å²) in [5.74, 6) is 0.139. The highest BCUT2D eigenvalue weighted by molar-refractivity contribution is 5.01. The maximum absolute atomic E-state index is 9.63. The van der Waals surface area contributed by atoms with E-state index in [1.807, 2.05) is 6.07 Å². The van der Waals surface area contributed by atoms with E-state index in [0.29, 0.717) is 6.42 Å². The zero-order chi connectivity index (χ0) is 9.97. The van der Waals surface area contributed by atoms with E-state index in [2.05, 4.69) is 9.97 Å². The van der Waals surface area contributed by atoms with Crippen LogP contribution < -0.4 is 0 Å². The van der Waals surface area contributed by atoms with E-state index < -0.39 is 12.2 Å². The maximum atomic E-state index is 9.63. The van der Waals surface area contributed by atoms with Crippen LogP contribution in [0.3, 0.4) is 0 Å². The van der Waals surface area contributed by atoms with Crippen molar-refractivity contribution in [3.63, 3.8) is 0 Å². The molecule has 0 amide bonds. The maximum Gasteiger partial charge on any atom is 0.115 e. The van der Waals surface area contributed by atoms with Crippen molar-refractivity contribution in [2.45, 2.75) is 31.5 Å². The molecule has 3 unspecified atom stereocenters. The van der Waals surface area contributed by atoms with Crippen molar-refractivity contribution in [3.05, 3.63) is 24.3 Å². The van der Waals surface area contributed by atoms with E-state index in [0.717, 1.165) is 18.5 Å². The first kappa shape index (κ1) is 9.55. The summed E-state index contributed by atoms with van der Waals surface area (Å²) in [7, 11) is 0. The smallest absolute Gasteiger partial charge is 0.115 e. The van der Waals surface area contributed by atoms with Crippen molar-refractivity contribution >= 4 is 0 Å². The summed E-state index contributed by atoms with van der Waals surface area (Å²) in [6.07, 6.45) is 4.34. The molecule has 1 aliphatic carbocycles. The van der Waals surface area contributed by atoms with Gasteiger partial charge in [-0.05, 0) is 31.2 Å². The summed E-state index contributed by atoms with van der Waals surface area (Å²) in [4.78, 5) is 7.93. The number of aromatic nitrogens is 2. The van der Waals surface area contributed by atoms with E-state index in [1.165, 1.54) is 6.33 Å². The third-order valence-corrected chi connectivity index (χ3v) is 2.82. The number of nitrogens with zero attached hydrogens (tertiary/aromatic N) is 2. The van der Waals surface area contributed by atoms with Gasteiger partial charge in [0.1, 0.15) is 6.33 Å². The van der Waals surface area contributed by atoms with Gasteiger partial charge in [0.05, 0.1) is 12.2 Å². The Balaban J connectivity index is 1.99. The molecular formula is C10H14N2O2. The van der Waals surface area contributed by atoms with Gasteiger partial charge in [0.2, 0.25) is 0 Å². The molecule has 1 saturated carbocycles. The minimum Gasteiger partial charge on any atom is -0.390 e. The third-order valence-electron chi connectivity index (χ3n) is 2.82. The van der Waals surface area contributed by atoms with Gasteiger partial charge >= 0.3 is 0 Å². The Morgan fingerprint density at radius 2 is 2.21 bits per heavy atom. The highest BCUT2D eigenvalue weighted by atomic mass is 16.3. The number of rotatable bonds is 2. The number of aliphatic hydroxyl groups excluding tert-OH is 2. The van der Waals surface area contributed by atoms with Gasteiger partial charge in [-0.3, -0.25) is 0 Å². The molecule has 1 aromatic heterocycles. The van der Waals surface area contributed by atoms with Gasteiger partial charge in [-0.25, -0.2) is 9.97 Å². The third kappa shape index (κ3) is 1.91. The average Bonchev–Trinajstić information content (AvgIpc) is 2.52. The van der Waals surface area contributed by atoms with E-state index in [9.17, 15) is 10.2 Å². The van der Waals surface area contributed by atoms with Crippen molar-refractivity contribution in [3.8, 4) is 0 Å². The largest absolute Gasteiger partial charge is 0.390 e. The summed E-state index contributed by atoms with van der Waals surface area (Å²) < 4.78 is 0. The number of hydrogen-bond donors (Lipinski definition) is 2. The Kier molecular flexibility index (Phi) is 2.74. The van der Waals surface area contributed by atoms with Crippen molar-refractivity contribution < 1.29 is 10.2 Å². The molecule has 1 heterocycles.